The monoisotopic (exact) mass is 311 g/mol. The minimum absolute atomic E-state index is 0.196. The highest BCUT2D eigenvalue weighted by Gasteiger charge is 2.25. The molecule has 2 rings (SSSR count). The third-order valence-electron chi connectivity index (χ3n) is 4.16. The number of benzene rings is 1. The van der Waals surface area contributed by atoms with Crippen LogP contribution in [0.5, 0.6) is 0 Å². The first kappa shape index (κ1) is 16.1. The fourth-order valence-electron chi connectivity index (χ4n) is 2.84. The van der Waals surface area contributed by atoms with Crippen molar-refractivity contribution < 1.29 is 8.42 Å². The van der Waals surface area contributed by atoms with Crippen molar-refractivity contribution in [1.82, 2.24) is 4.31 Å². The first-order valence-corrected chi connectivity index (χ1v) is 8.87. The standard InChI is InChI=1S/C15H25N3O2S/c1-12-8-5-4-6-11-18(12)13-9-7-10-14(15(13)16)21(19,20)17(2)3/h7,9-10,12H,4-6,8,11,16H2,1-3H3. The van der Waals surface area contributed by atoms with Gasteiger partial charge in [-0.1, -0.05) is 18.9 Å². The summed E-state index contributed by atoms with van der Waals surface area (Å²) in [5.41, 5.74) is 7.41. The van der Waals surface area contributed by atoms with E-state index in [0.717, 1.165) is 25.1 Å². The van der Waals surface area contributed by atoms with E-state index in [-0.39, 0.29) is 4.90 Å². The molecule has 1 saturated heterocycles. The number of nitrogens with zero attached hydrogens (tertiary/aromatic N) is 2. The Labute approximate surface area is 127 Å². The smallest absolute Gasteiger partial charge is 0.244 e. The summed E-state index contributed by atoms with van der Waals surface area (Å²) in [7, 11) is -0.466. The van der Waals surface area contributed by atoms with Gasteiger partial charge in [-0.05, 0) is 31.9 Å². The highest BCUT2D eigenvalue weighted by Crippen LogP contribution is 2.34. The Morgan fingerprint density at radius 3 is 2.62 bits per heavy atom. The van der Waals surface area contributed by atoms with E-state index in [1.807, 2.05) is 6.07 Å². The zero-order chi connectivity index (χ0) is 15.6. The molecule has 0 radical (unpaired) electrons. The van der Waals surface area contributed by atoms with Crippen molar-refractivity contribution >= 4 is 21.4 Å². The Balaban J connectivity index is 2.47. The van der Waals surface area contributed by atoms with E-state index in [0.29, 0.717) is 11.7 Å². The predicted octanol–water partition coefficient (Wildman–Crippen LogP) is 2.29. The van der Waals surface area contributed by atoms with E-state index in [9.17, 15) is 8.42 Å². The Morgan fingerprint density at radius 2 is 1.95 bits per heavy atom. The first-order chi connectivity index (χ1) is 9.85. The first-order valence-electron chi connectivity index (χ1n) is 7.43. The maximum Gasteiger partial charge on any atom is 0.244 e. The Morgan fingerprint density at radius 1 is 1.24 bits per heavy atom. The Hall–Kier alpha value is -1.27. The van der Waals surface area contributed by atoms with Crippen LogP contribution in [0.4, 0.5) is 11.4 Å². The maximum atomic E-state index is 12.4. The third-order valence-corrected chi connectivity index (χ3v) is 6.04. The van der Waals surface area contributed by atoms with Crippen molar-refractivity contribution in [2.24, 2.45) is 0 Å². The van der Waals surface area contributed by atoms with Crippen molar-refractivity contribution in [3.8, 4) is 0 Å². The summed E-state index contributed by atoms with van der Waals surface area (Å²) in [6.07, 6.45) is 4.67. The number of hydrogen-bond acceptors (Lipinski definition) is 4. The molecule has 1 aliphatic rings. The van der Waals surface area contributed by atoms with Gasteiger partial charge in [-0.25, -0.2) is 12.7 Å². The molecule has 1 fully saturated rings. The highest BCUT2D eigenvalue weighted by atomic mass is 32.2. The zero-order valence-corrected chi connectivity index (χ0v) is 13.9. The molecule has 0 amide bonds. The Bertz CT molecular complexity index is 599. The van der Waals surface area contributed by atoms with E-state index in [1.165, 1.54) is 31.2 Å². The molecule has 1 atom stereocenters. The lowest BCUT2D eigenvalue weighted by molar-refractivity contribution is 0.521. The van der Waals surface area contributed by atoms with Crippen LogP contribution in [0.1, 0.15) is 32.6 Å². The number of nitrogen functional groups attached to an aromatic ring is 1. The quantitative estimate of drug-likeness (QED) is 0.870. The van der Waals surface area contributed by atoms with Crippen LogP contribution in [-0.4, -0.2) is 39.4 Å². The van der Waals surface area contributed by atoms with Gasteiger partial charge < -0.3 is 10.6 Å². The van der Waals surface area contributed by atoms with Crippen LogP contribution < -0.4 is 10.6 Å². The fraction of sp³-hybridized carbons (Fsp3) is 0.600. The van der Waals surface area contributed by atoms with E-state index in [1.54, 1.807) is 12.1 Å². The summed E-state index contributed by atoms with van der Waals surface area (Å²) >= 11 is 0. The number of rotatable bonds is 3. The van der Waals surface area contributed by atoms with Gasteiger partial charge in [-0.15, -0.1) is 0 Å². The van der Waals surface area contributed by atoms with Crippen molar-refractivity contribution in [3.05, 3.63) is 18.2 Å². The molecule has 1 unspecified atom stereocenters. The number of anilines is 2. The van der Waals surface area contributed by atoms with Crippen molar-refractivity contribution in [3.63, 3.8) is 0 Å². The minimum Gasteiger partial charge on any atom is -0.396 e. The van der Waals surface area contributed by atoms with E-state index < -0.39 is 10.0 Å². The van der Waals surface area contributed by atoms with Crippen molar-refractivity contribution in [1.29, 1.82) is 0 Å². The van der Waals surface area contributed by atoms with Gasteiger partial charge in [-0.2, -0.15) is 0 Å². The van der Waals surface area contributed by atoms with Crippen LogP contribution >= 0.6 is 0 Å². The van der Waals surface area contributed by atoms with Gasteiger partial charge in [0.15, 0.2) is 0 Å². The van der Waals surface area contributed by atoms with Crippen molar-refractivity contribution in [2.75, 3.05) is 31.3 Å². The lowest BCUT2D eigenvalue weighted by Crippen LogP contribution is -2.33. The SMILES string of the molecule is CC1CCCCCN1c1cccc(S(=O)(=O)N(C)C)c1N. The fourth-order valence-corrected chi connectivity index (χ4v) is 3.86. The lowest BCUT2D eigenvalue weighted by atomic mass is 10.1. The van der Waals surface area contributed by atoms with Gasteiger partial charge >= 0.3 is 0 Å². The average Bonchev–Trinajstić information content (AvgIpc) is 2.63. The molecule has 5 nitrogen and oxygen atoms in total. The summed E-state index contributed by atoms with van der Waals surface area (Å²) < 4.78 is 25.9. The van der Waals surface area contributed by atoms with Gasteiger partial charge in [0.05, 0.1) is 11.4 Å². The Kier molecular flexibility index (Phi) is 4.78. The summed E-state index contributed by atoms with van der Waals surface area (Å²) in [6, 6.07) is 5.66. The molecule has 1 heterocycles. The highest BCUT2D eigenvalue weighted by molar-refractivity contribution is 7.89. The average molecular weight is 311 g/mol. The van der Waals surface area contributed by atoms with Gasteiger partial charge in [0.1, 0.15) is 4.90 Å². The second-order valence-corrected chi connectivity index (χ2v) is 7.99. The van der Waals surface area contributed by atoms with E-state index in [4.69, 9.17) is 5.73 Å². The van der Waals surface area contributed by atoms with Gasteiger partial charge in [0.25, 0.3) is 0 Å². The number of nitrogens with two attached hydrogens (primary N) is 1. The van der Waals surface area contributed by atoms with E-state index in [2.05, 4.69) is 11.8 Å². The summed E-state index contributed by atoms with van der Waals surface area (Å²) in [6.45, 7) is 3.11. The minimum atomic E-state index is -3.51. The van der Waals surface area contributed by atoms with E-state index >= 15 is 0 Å². The van der Waals surface area contributed by atoms with Crippen LogP contribution in [-0.2, 0) is 10.0 Å². The summed E-state index contributed by atoms with van der Waals surface area (Å²) in [5, 5.41) is 0. The molecule has 118 valence electrons. The molecular weight excluding hydrogens is 286 g/mol. The van der Waals surface area contributed by atoms with Crippen LogP contribution in [0.2, 0.25) is 0 Å². The van der Waals surface area contributed by atoms with Gasteiger partial charge in [0, 0.05) is 26.7 Å². The molecule has 1 aromatic carbocycles. The largest absolute Gasteiger partial charge is 0.396 e. The van der Waals surface area contributed by atoms with Gasteiger partial charge in [-0.3, -0.25) is 0 Å². The maximum absolute atomic E-state index is 12.4. The van der Waals surface area contributed by atoms with Gasteiger partial charge in [0.2, 0.25) is 10.0 Å². The summed E-state index contributed by atoms with van der Waals surface area (Å²) in [4.78, 5) is 2.44. The molecule has 0 spiro atoms. The topological polar surface area (TPSA) is 66.6 Å². The zero-order valence-electron chi connectivity index (χ0n) is 13.0. The predicted molar refractivity (Wildman–Crippen MR) is 87.0 cm³/mol. The molecule has 2 N–H and O–H groups in total. The number of sulfonamides is 1. The summed E-state index contributed by atoms with van der Waals surface area (Å²) in [5.74, 6) is 0. The molecule has 0 aliphatic carbocycles. The van der Waals surface area contributed by atoms with Crippen LogP contribution in [0.25, 0.3) is 0 Å². The number of hydrogen-bond donors (Lipinski definition) is 1. The molecule has 21 heavy (non-hydrogen) atoms. The van der Waals surface area contributed by atoms with Crippen LogP contribution in [0, 0.1) is 0 Å². The molecule has 0 aromatic heterocycles. The van der Waals surface area contributed by atoms with Crippen LogP contribution in [0.15, 0.2) is 23.1 Å². The second kappa shape index (κ2) is 6.23. The second-order valence-electron chi connectivity index (χ2n) is 5.87. The normalized spacial score (nSPS) is 20.6. The van der Waals surface area contributed by atoms with Crippen LogP contribution in [0.3, 0.4) is 0 Å². The lowest BCUT2D eigenvalue weighted by Gasteiger charge is -2.31. The molecule has 0 bridgehead atoms. The molecule has 1 aliphatic heterocycles. The molecule has 1 aromatic rings. The molecule has 0 saturated carbocycles. The molecular formula is C15H25N3O2S. The third kappa shape index (κ3) is 3.16. The van der Waals surface area contributed by atoms with Crippen molar-refractivity contribution in [2.45, 2.75) is 43.5 Å². The number of para-hydroxylation sites is 1. The molecule has 6 heteroatoms.